The molecule has 0 aliphatic carbocycles. The third kappa shape index (κ3) is 1.91. The molecule has 0 aliphatic heterocycles. The molecule has 15 heavy (non-hydrogen) atoms. The number of rotatable bonds is 1. The molecule has 0 radical (unpaired) electrons. The molecule has 0 bridgehead atoms. The van der Waals surface area contributed by atoms with Gasteiger partial charge in [-0.25, -0.2) is 0 Å². The molecule has 1 aromatic heterocycles. The highest BCUT2D eigenvalue weighted by atomic mass is 14.7. The Morgan fingerprint density at radius 3 is 2.27 bits per heavy atom. The Labute approximate surface area is 90.8 Å². The molecule has 2 aromatic rings. The first-order valence-electron chi connectivity index (χ1n) is 5.19. The molecule has 0 unspecified atom stereocenters. The maximum Gasteiger partial charge on any atom is 0.0736 e. The number of hydrogen-bond acceptors (Lipinski definition) is 1. The van der Waals surface area contributed by atoms with Crippen LogP contribution in [0.25, 0.3) is 11.3 Å². The topological polar surface area (TPSA) is 12.9 Å². The zero-order chi connectivity index (χ0) is 10.8. The number of benzene rings is 1. The summed E-state index contributed by atoms with van der Waals surface area (Å²) >= 11 is 0. The molecule has 0 saturated heterocycles. The zero-order valence-corrected chi connectivity index (χ0v) is 9.41. The third-order valence-electron chi connectivity index (χ3n) is 2.71. The van der Waals surface area contributed by atoms with Crippen molar-refractivity contribution in [1.29, 1.82) is 0 Å². The van der Waals surface area contributed by atoms with Crippen LogP contribution in [0.15, 0.2) is 36.4 Å². The van der Waals surface area contributed by atoms with Crippen molar-refractivity contribution in [3.05, 3.63) is 53.2 Å². The molecule has 0 amide bonds. The van der Waals surface area contributed by atoms with Crippen molar-refractivity contribution < 1.29 is 0 Å². The number of hydrogen-bond donors (Lipinski definition) is 0. The minimum Gasteiger partial charge on any atom is -0.253 e. The van der Waals surface area contributed by atoms with Gasteiger partial charge in [-0.1, -0.05) is 30.3 Å². The Kier molecular flexibility index (Phi) is 2.55. The fourth-order valence-corrected chi connectivity index (χ4v) is 1.78. The lowest BCUT2D eigenvalue weighted by atomic mass is 10.0. The van der Waals surface area contributed by atoms with Crippen molar-refractivity contribution in [2.45, 2.75) is 20.8 Å². The van der Waals surface area contributed by atoms with E-state index in [0.29, 0.717) is 0 Å². The van der Waals surface area contributed by atoms with E-state index in [1.165, 1.54) is 16.7 Å². The molecule has 2 rings (SSSR count). The molecule has 0 aliphatic rings. The highest BCUT2D eigenvalue weighted by Crippen LogP contribution is 2.23. The molecule has 0 saturated carbocycles. The molecule has 1 aromatic carbocycles. The largest absolute Gasteiger partial charge is 0.253 e. The molecular formula is C14H15N. The molecular weight excluding hydrogens is 182 g/mol. The van der Waals surface area contributed by atoms with E-state index < -0.39 is 0 Å². The van der Waals surface area contributed by atoms with Crippen LogP contribution in [-0.4, -0.2) is 4.98 Å². The van der Waals surface area contributed by atoms with Crippen LogP contribution in [0, 0.1) is 20.8 Å². The summed E-state index contributed by atoms with van der Waals surface area (Å²) in [6.45, 7) is 6.30. The van der Waals surface area contributed by atoms with Crippen molar-refractivity contribution in [3.8, 4) is 11.3 Å². The second-order valence-corrected chi connectivity index (χ2v) is 3.92. The van der Waals surface area contributed by atoms with E-state index in [2.05, 4.69) is 37.0 Å². The normalized spacial score (nSPS) is 10.3. The zero-order valence-electron chi connectivity index (χ0n) is 9.41. The Bertz CT molecular complexity index is 472. The van der Waals surface area contributed by atoms with Crippen molar-refractivity contribution in [2.24, 2.45) is 0 Å². The van der Waals surface area contributed by atoms with Crippen molar-refractivity contribution >= 4 is 0 Å². The van der Waals surface area contributed by atoms with Gasteiger partial charge < -0.3 is 0 Å². The van der Waals surface area contributed by atoms with Crippen LogP contribution in [-0.2, 0) is 0 Å². The van der Waals surface area contributed by atoms with Crippen molar-refractivity contribution in [3.63, 3.8) is 0 Å². The van der Waals surface area contributed by atoms with Crippen LogP contribution in [0.5, 0.6) is 0 Å². The highest BCUT2D eigenvalue weighted by Gasteiger charge is 2.05. The number of nitrogens with zero attached hydrogens (tertiary/aromatic N) is 1. The standard InChI is InChI=1S/C14H15N/c1-10-9-11(2)15-14(12(10)3)13-7-5-4-6-8-13/h4-9H,1-3H3. The Hall–Kier alpha value is -1.63. The maximum absolute atomic E-state index is 4.60. The smallest absolute Gasteiger partial charge is 0.0736 e. The quantitative estimate of drug-likeness (QED) is 0.679. The van der Waals surface area contributed by atoms with E-state index in [4.69, 9.17) is 0 Å². The molecule has 1 heterocycles. The summed E-state index contributed by atoms with van der Waals surface area (Å²) in [7, 11) is 0. The number of pyridine rings is 1. The SMILES string of the molecule is Cc1cc(C)c(C)c(-c2ccccc2)n1. The Morgan fingerprint density at radius 2 is 1.60 bits per heavy atom. The number of aryl methyl sites for hydroxylation is 2. The summed E-state index contributed by atoms with van der Waals surface area (Å²) < 4.78 is 0. The van der Waals surface area contributed by atoms with Crippen LogP contribution in [0.4, 0.5) is 0 Å². The van der Waals surface area contributed by atoms with Crippen LogP contribution in [0.3, 0.4) is 0 Å². The fraction of sp³-hybridized carbons (Fsp3) is 0.214. The lowest BCUT2D eigenvalue weighted by molar-refractivity contribution is 1.14. The lowest BCUT2D eigenvalue weighted by Crippen LogP contribution is -1.94. The summed E-state index contributed by atoms with van der Waals surface area (Å²) in [4.78, 5) is 4.60. The minimum absolute atomic E-state index is 1.08. The van der Waals surface area contributed by atoms with Gasteiger partial charge in [0, 0.05) is 11.3 Å². The van der Waals surface area contributed by atoms with E-state index in [9.17, 15) is 0 Å². The summed E-state index contributed by atoms with van der Waals surface area (Å²) in [6, 6.07) is 12.5. The molecule has 76 valence electrons. The average molecular weight is 197 g/mol. The van der Waals surface area contributed by atoms with Gasteiger partial charge in [0.25, 0.3) is 0 Å². The summed E-state index contributed by atoms with van der Waals surface area (Å²) in [5, 5.41) is 0. The van der Waals surface area contributed by atoms with Crippen molar-refractivity contribution in [2.75, 3.05) is 0 Å². The molecule has 1 nitrogen and oxygen atoms in total. The molecule has 1 heteroatoms. The van der Waals surface area contributed by atoms with Crippen molar-refractivity contribution in [1.82, 2.24) is 4.98 Å². The number of aromatic nitrogens is 1. The third-order valence-corrected chi connectivity index (χ3v) is 2.71. The average Bonchev–Trinajstić information content (AvgIpc) is 2.24. The first-order chi connectivity index (χ1) is 7.18. The van der Waals surface area contributed by atoms with Gasteiger partial charge in [0.2, 0.25) is 0 Å². The first-order valence-corrected chi connectivity index (χ1v) is 5.19. The van der Waals surface area contributed by atoms with E-state index in [-0.39, 0.29) is 0 Å². The molecule has 0 spiro atoms. The second kappa shape index (κ2) is 3.85. The lowest BCUT2D eigenvalue weighted by Gasteiger charge is -2.09. The maximum atomic E-state index is 4.60. The summed E-state index contributed by atoms with van der Waals surface area (Å²) in [5.41, 5.74) is 5.96. The van der Waals surface area contributed by atoms with E-state index in [1.54, 1.807) is 0 Å². The van der Waals surface area contributed by atoms with Gasteiger partial charge in [-0.3, -0.25) is 4.98 Å². The summed E-state index contributed by atoms with van der Waals surface area (Å²) in [5.74, 6) is 0. The van der Waals surface area contributed by atoms with Crippen LogP contribution < -0.4 is 0 Å². The van der Waals surface area contributed by atoms with Gasteiger partial charge in [0.15, 0.2) is 0 Å². The molecule has 0 fully saturated rings. The predicted octanol–water partition coefficient (Wildman–Crippen LogP) is 3.67. The predicted molar refractivity (Wildman–Crippen MR) is 63.9 cm³/mol. The van der Waals surface area contributed by atoms with Crippen LogP contribution >= 0.6 is 0 Å². The van der Waals surface area contributed by atoms with Crippen LogP contribution in [0.1, 0.15) is 16.8 Å². The molecule has 0 N–H and O–H groups in total. The van der Waals surface area contributed by atoms with Gasteiger partial charge in [-0.2, -0.15) is 0 Å². The van der Waals surface area contributed by atoms with Gasteiger partial charge in [-0.05, 0) is 38.0 Å². The van der Waals surface area contributed by atoms with Gasteiger partial charge in [-0.15, -0.1) is 0 Å². The second-order valence-electron chi connectivity index (χ2n) is 3.92. The van der Waals surface area contributed by atoms with Gasteiger partial charge in [0.05, 0.1) is 5.69 Å². The fourth-order valence-electron chi connectivity index (χ4n) is 1.78. The monoisotopic (exact) mass is 197 g/mol. The van der Waals surface area contributed by atoms with Gasteiger partial charge in [0.1, 0.15) is 0 Å². The van der Waals surface area contributed by atoms with E-state index in [1.807, 2.05) is 25.1 Å². The van der Waals surface area contributed by atoms with Crippen LogP contribution in [0.2, 0.25) is 0 Å². The Balaban J connectivity index is 2.63. The first kappa shape index (κ1) is 9.91. The molecule has 0 atom stereocenters. The minimum atomic E-state index is 1.08. The van der Waals surface area contributed by atoms with E-state index >= 15 is 0 Å². The Morgan fingerprint density at radius 1 is 0.933 bits per heavy atom. The van der Waals surface area contributed by atoms with E-state index in [0.717, 1.165) is 11.4 Å². The van der Waals surface area contributed by atoms with Gasteiger partial charge >= 0.3 is 0 Å². The highest BCUT2D eigenvalue weighted by molar-refractivity contribution is 5.64. The summed E-state index contributed by atoms with van der Waals surface area (Å²) in [6.07, 6.45) is 0.